The third-order valence-electron chi connectivity index (χ3n) is 2.00. The zero-order chi connectivity index (χ0) is 8.27. The second kappa shape index (κ2) is 3.62. The number of nitrogens with one attached hydrogen (secondary N) is 1. The third-order valence-corrected chi connectivity index (χ3v) is 2.00. The minimum Gasteiger partial charge on any atom is -0.377 e. The van der Waals surface area contributed by atoms with Gasteiger partial charge in [-0.15, -0.1) is 0 Å². The average molecular weight is 156 g/mol. The van der Waals surface area contributed by atoms with Crippen LogP contribution < -0.4 is 5.32 Å². The van der Waals surface area contributed by atoms with E-state index in [0.29, 0.717) is 6.04 Å². The first-order valence-corrected chi connectivity index (χ1v) is 3.96. The van der Waals surface area contributed by atoms with Crippen LogP contribution in [0.3, 0.4) is 0 Å². The summed E-state index contributed by atoms with van der Waals surface area (Å²) in [5.41, 5.74) is 0. The summed E-state index contributed by atoms with van der Waals surface area (Å²) >= 11 is 0. The van der Waals surface area contributed by atoms with Gasteiger partial charge >= 0.3 is 0 Å². The van der Waals surface area contributed by atoms with Crippen molar-refractivity contribution in [1.82, 2.24) is 10.2 Å². The lowest BCUT2D eigenvalue weighted by molar-refractivity contribution is 0.0143. The Hall–Kier alpha value is -0.700. The maximum Gasteiger partial charge on any atom is 0.0940 e. The van der Waals surface area contributed by atoms with Gasteiger partial charge in [-0.1, -0.05) is 6.58 Å². The number of nitrogens with zero attached hydrogens (tertiary/aromatic N) is 1. The van der Waals surface area contributed by atoms with Crippen LogP contribution in [0.4, 0.5) is 0 Å². The normalized spacial score (nSPS) is 24.9. The summed E-state index contributed by atoms with van der Waals surface area (Å²) in [7, 11) is 1.89. The molecule has 1 rings (SSSR count). The van der Waals surface area contributed by atoms with E-state index in [0.717, 1.165) is 25.6 Å². The number of morpholine rings is 1. The fourth-order valence-corrected chi connectivity index (χ4v) is 1.27. The maximum absolute atomic E-state index is 5.30. The third kappa shape index (κ3) is 1.87. The molecule has 0 bridgehead atoms. The second-order valence-corrected chi connectivity index (χ2v) is 2.81. The van der Waals surface area contributed by atoms with Gasteiger partial charge in [-0.3, -0.25) is 0 Å². The van der Waals surface area contributed by atoms with E-state index in [1.54, 1.807) is 0 Å². The van der Waals surface area contributed by atoms with Crippen molar-refractivity contribution in [1.29, 1.82) is 0 Å². The quantitative estimate of drug-likeness (QED) is 0.626. The molecule has 0 saturated carbocycles. The first-order chi connectivity index (χ1) is 5.25. The molecule has 0 aromatic rings. The molecule has 3 heteroatoms. The summed E-state index contributed by atoms with van der Waals surface area (Å²) in [6, 6.07) is 0.448. The summed E-state index contributed by atoms with van der Waals surface area (Å²) in [5, 5.41) is 3.04. The van der Waals surface area contributed by atoms with Gasteiger partial charge in [0.05, 0.1) is 25.1 Å². The molecule has 1 aliphatic rings. The Morgan fingerprint density at radius 1 is 1.73 bits per heavy atom. The molecule has 1 saturated heterocycles. The van der Waals surface area contributed by atoms with E-state index in [1.807, 2.05) is 7.05 Å². The first kappa shape index (κ1) is 8.40. The molecule has 0 amide bonds. The average Bonchev–Trinajstić information content (AvgIpc) is 2.04. The van der Waals surface area contributed by atoms with E-state index in [-0.39, 0.29) is 0 Å². The van der Waals surface area contributed by atoms with Gasteiger partial charge in [0, 0.05) is 13.6 Å². The first-order valence-electron chi connectivity index (χ1n) is 3.96. The predicted molar refractivity (Wildman–Crippen MR) is 45.2 cm³/mol. The van der Waals surface area contributed by atoms with Crippen molar-refractivity contribution in [2.45, 2.75) is 13.0 Å². The van der Waals surface area contributed by atoms with Crippen molar-refractivity contribution in [3.63, 3.8) is 0 Å². The topological polar surface area (TPSA) is 24.5 Å². The highest BCUT2D eigenvalue weighted by atomic mass is 16.5. The van der Waals surface area contributed by atoms with Gasteiger partial charge in [0.25, 0.3) is 0 Å². The molecule has 1 fully saturated rings. The van der Waals surface area contributed by atoms with Gasteiger partial charge in [-0.25, -0.2) is 0 Å². The van der Waals surface area contributed by atoms with Crippen molar-refractivity contribution < 1.29 is 4.74 Å². The highest BCUT2D eigenvalue weighted by molar-refractivity contribution is 4.93. The summed E-state index contributed by atoms with van der Waals surface area (Å²) in [6.45, 7) is 8.61. The van der Waals surface area contributed by atoms with E-state index in [4.69, 9.17) is 4.74 Å². The van der Waals surface area contributed by atoms with Crippen LogP contribution in [0.1, 0.15) is 6.92 Å². The van der Waals surface area contributed by atoms with Gasteiger partial charge in [0.1, 0.15) is 0 Å². The second-order valence-electron chi connectivity index (χ2n) is 2.81. The van der Waals surface area contributed by atoms with E-state index < -0.39 is 0 Å². The lowest BCUT2D eigenvalue weighted by atomic mass is 10.2. The lowest BCUT2D eigenvalue weighted by Gasteiger charge is -2.36. The van der Waals surface area contributed by atoms with Gasteiger partial charge in [-0.2, -0.15) is 0 Å². The largest absolute Gasteiger partial charge is 0.377 e. The summed E-state index contributed by atoms with van der Waals surface area (Å²) in [4.78, 5) is 2.23. The molecule has 0 aliphatic carbocycles. The number of hydrogen-bond donors (Lipinski definition) is 1. The van der Waals surface area contributed by atoms with Gasteiger partial charge < -0.3 is 15.0 Å². The SMILES string of the molecule is C=C(NC)N1CCOC[C@H]1C. The molecule has 1 heterocycles. The standard InChI is InChI=1S/C8H16N2O/c1-7-6-11-5-4-10(7)8(2)9-3/h7,9H,2,4-6H2,1,3H3/t7-/m1/s1. The van der Waals surface area contributed by atoms with Crippen molar-refractivity contribution in [2.24, 2.45) is 0 Å². The predicted octanol–water partition coefficient (Wildman–Crippen LogP) is 0.398. The highest BCUT2D eigenvalue weighted by Crippen LogP contribution is 2.09. The van der Waals surface area contributed by atoms with E-state index in [2.05, 4.69) is 23.7 Å². The van der Waals surface area contributed by atoms with Crippen LogP contribution in [0, 0.1) is 0 Å². The van der Waals surface area contributed by atoms with Crippen LogP contribution in [0.15, 0.2) is 12.4 Å². The van der Waals surface area contributed by atoms with Crippen LogP contribution in [0.2, 0.25) is 0 Å². The van der Waals surface area contributed by atoms with Crippen molar-refractivity contribution in [2.75, 3.05) is 26.8 Å². The molecule has 0 unspecified atom stereocenters. The fraction of sp³-hybridized carbons (Fsp3) is 0.750. The Balaban J connectivity index is 2.47. The molecule has 1 N–H and O–H groups in total. The van der Waals surface area contributed by atoms with Gasteiger partial charge in [0.15, 0.2) is 0 Å². The van der Waals surface area contributed by atoms with Crippen LogP contribution >= 0.6 is 0 Å². The molecule has 1 atom stereocenters. The van der Waals surface area contributed by atoms with Crippen molar-refractivity contribution >= 4 is 0 Å². The Bertz CT molecular complexity index is 147. The van der Waals surface area contributed by atoms with E-state index in [1.165, 1.54) is 0 Å². The molecule has 1 aliphatic heterocycles. The molecule has 0 radical (unpaired) electrons. The van der Waals surface area contributed by atoms with Crippen molar-refractivity contribution in [3.05, 3.63) is 12.4 Å². The molecule has 0 aromatic carbocycles. The fourth-order valence-electron chi connectivity index (χ4n) is 1.27. The number of ether oxygens (including phenoxy) is 1. The summed E-state index contributed by atoms with van der Waals surface area (Å²) in [5.74, 6) is 0.987. The molecule has 64 valence electrons. The van der Waals surface area contributed by atoms with Crippen LogP contribution in [-0.4, -0.2) is 37.7 Å². The molecule has 11 heavy (non-hydrogen) atoms. The van der Waals surface area contributed by atoms with Crippen molar-refractivity contribution in [3.8, 4) is 0 Å². The lowest BCUT2D eigenvalue weighted by Crippen LogP contribution is -2.45. The minimum absolute atomic E-state index is 0.448. The number of hydrogen-bond acceptors (Lipinski definition) is 3. The van der Waals surface area contributed by atoms with Gasteiger partial charge in [0.2, 0.25) is 0 Å². The van der Waals surface area contributed by atoms with Crippen LogP contribution in [0.25, 0.3) is 0 Å². The molecular weight excluding hydrogens is 140 g/mol. The van der Waals surface area contributed by atoms with Crippen LogP contribution in [-0.2, 0) is 4.74 Å². The van der Waals surface area contributed by atoms with E-state index in [9.17, 15) is 0 Å². The Labute approximate surface area is 68.0 Å². The Morgan fingerprint density at radius 3 is 3.00 bits per heavy atom. The van der Waals surface area contributed by atoms with E-state index >= 15 is 0 Å². The molecule has 0 aromatic heterocycles. The summed E-state index contributed by atoms with van der Waals surface area (Å²) in [6.07, 6.45) is 0. The Kier molecular flexibility index (Phi) is 2.76. The maximum atomic E-state index is 5.30. The monoisotopic (exact) mass is 156 g/mol. The minimum atomic E-state index is 0.448. The molecular formula is C8H16N2O. The smallest absolute Gasteiger partial charge is 0.0940 e. The zero-order valence-corrected chi connectivity index (χ0v) is 7.26. The molecule has 0 spiro atoms. The number of rotatable bonds is 2. The summed E-state index contributed by atoms with van der Waals surface area (Å²) < 4.78 is 5.30. The zero-order valence-electron chi connectivity index (χ0n) is 7.26. The molecule has 3 nitrogen and oxygen atoms in total. The van der Waals surface area contributed by atoms with Gasteiger partial charge in [-0.05, 0) is 6.92 Å². The van der Waals surface area contributed by atoms with Crippen LogP contribution in [0.5, 0.6) is 0 Å². The Morgan fingerprint density at radius 2 is 2.45 bits per heavy atom. The highest BCUT2D eigenvalue weighted by Gasteiger charge is 2.18.